The molecular formula is C27H26N4O5. The summed E-state index contributed by atoms with van der Waals surface area (Å²) in [6.45, 7) is 8.09. The van der Waals surface area contributed by atoms with Crippen LogP contribution in [-0.2, 0) is 5.41 Å². The Balaban J connectivity index is 1.65. The molecule has 0 unspecified atom stereocenters. The van der Waals surface area contributed by atoms with Gasteiger partial charge >= 0.3 is 6.16 Å². The summed E-state index contributed by atoms with van der Waals surface area (Å²) in [6.07, 6.45) is -1.43. The molecule has 0 radical (unpaired) electrons. The number of aromatic amines is 1. The topological polar surface area (TPSA) is 129 Å². The highest BCUT2D eigenvalue weighted by Gasteiger charge is 2.16. The highest BCUT2D eigenvalue weighted by molar-refractivity contribution is 5.77. The maximum absolute atomic E-state index is 13.0. The zero-order valence-corrected chi connectivity index (χ0v) is 20.3. The van der Waals surface area contributed by atoms with Gasteiger partial charge in [-0.05, 0) is 53.8 Å². The average molecular weight is 487 g/mol. The highest BCUT2D eigenvalue weighted by atomic mass is 16.7. The number of aryl methyl sites for hydroxylation is 1. The maximum atomic E-state index is 13.0. The van der Waals surface area contributed by atoms with Crippen LogP contribution in [0.4, 0.5) is 16.2 Å². The molecule has 0 saturated carbocycles. The molecule has 0 bridgehead atoms. The lowest BCUT2D eigenvalue weighted by molar-refractivity contribution is 0.144. The summed E-state index contributed by atoms with van der Waals surface area (Å²) < 4.78 is 6.10. The summed E-state index contributed by atoms with van der Waals surface area (Å²) in [5.41, 5.74) is 3.19. The second-order valence-corrected chi connectivity index (χ2v) is 9.29. The molecule has 3 aromatic carbocycles. The molecule has 36 heavy (non-hydrogen) atoms. The fraction of sp³-hybridized carbons (Fsp3) is 0.185. The van der Waals surface area contributed by atoms with Crippen molar-refractivity contribution < 1.29 is 19.7 Å². The number of nitrogens with one attached hydrogen (secondary N) is 1. The number of hydrogen-bond acceptors (Lipinski definition) is 6. The van der Waals surface area contributed by atoms with E-state index < -0.39 is 6.16 Å². The van der Waals surface area contributed by atoms with Crippen molar-refractivity contribution in [2.24, 2.45) is 10.2 Å². The van der Waals surface area contributed by atoms with Gasteiger partial charge in [-0.2, -0.15) is 0 Å². The molecule has 9 nitrogen and oxygen atoms in total. The predicted molar refractivity (Wildman–Crippen MR) is 136 cm³/mol. The molecular weight excluding hydrogens is 460 g/mol. The number of aromatic nitrogens is 2. The van der Waals surface area contributed by atoms with Crippen LogP contribution in [0.15, 0.2) is 81.8 Å². The lowest BCUT2D eigenvalue weighted by Gasteiger charge is -2.19. The summed E-state index contributed by atoms with van der Waals surface area (Å²) in [5.74, 6) is -0.0505. The van der Waals surface area contributed by atoms with Crippen LogP contribution in [0.25, 0.3) is 16.8 Å². The van der Waals surface area contributed by atoms with Crippen molar-refractivity contribution in [1.82, 2.24) is 9.78 Å². The Bertz CT molecular complexity index is 1510. The van der Waals surface area contributed by atoms with Crippen LogP contribution in [0, 0.1) is 6.92 Å². The predicted octanol–water partition coefficient (Wildman–Crippen LogP) is 6.62. The zero-order chi connectivity index (χ0) is 26.0. The fourth-order valence-electron chi connectivity index (χ4n) is 3.72. The van der Waals surface area contributed by atoms with E-state index >= 15 is 0 Å². The van der Waals surface area contributed by atoms with E-state index in [9.17, 15) is 14.7 Å². The smallest absolute Gasteiger partial charge is 0.505 e. The maximum Gasteiger partial charge on any atom is 0.511 e. The zero-order valence-electron chi connectivity index (χ0n) is 20.3. The molecule has 4 aromatic rings. The van der Waals surface area contributed by atoms with E-state index in [1.165, 1.54) is 16.8 Å². The monoisotopic (exact) mass is 486 g/mol. The van der Waals surface area contributed by atoms with Gasteiger partial charge < -0.3 is 14.9 Å². The molecule has 184 valence electrons. The molecule has 0 saturated heterocycles. The average Bonchev–Trinajstić information content (AvgIpc) is 3.11. The molecule has 1 heterocycles. The molecule has 0 aliphatic carbocycles. The summed E-state index contributed by atoms with van der Waals surface area (Å²) in [5, 5.41) is 30.9. The number of aromatic hydroxyl groups is 1. The first kappa shape index (κ1) is 24.5. The Kier molecular flexibility index (Phi) is 6.48. The second kappa shape index (κ2) is 9.53. The molecule has 0 aliphatic heterocycles. The lowest BCUT2D eigenvalue weighted by atomic mass is 9.87. The number of nitrogens with zero attached hydrogens (tertiary/aromatic N) is 3. The highest BCUT2D eigenvalue weighted by Crippen LogP contribution is 2.38. The number of azo groups is 1. The van der Waals surface area contributed by atoms with Crippen molar-refractivity contribution in [3.05, 3.63) is 88.3 Å². The number of ether oxygens (including phenoxy) is 1. The van der Waals surface area contributed by atoms with Crippen LogP contribution < -0.4 is 10.3 Å². The molecule has 0 spiro atoms. The van der Waals surface area contributed by atoms with Crippen LogP contribution in [0.5, 0.6) is 11.5 Å². The minimum absolute atomic E-state index is 0.00431. The molecule has 3 N–H and O–H groups in total. The third-order valence-electron chi connectivity index (χ3n) is 5.65. The largest absolute Gasteiger partial charge is 0.511 e. The normalized spacial score (nSPS) is 11.7. The third kappa shape index (κ3) is 5.05. The molecule has 0 amide bonds. The van der Waals surface area contributed by atoms with E-state index in [2.05, 4.69) is 36.1 Å². The van der Waals surface area contributed by atoms with Gasteiger partial charge in [0.15, 0.2) is 11.4 Å². The van der Waals surface area contributed by atoms with Gasteiger partial charge in [0.25, 0.3) is 5.56 Å². The molecule has 4 rings (SSSR count). The van der Waals surface area contributed by atoms with Crippen molar-refractivity contribution in [3.63, 3.8) is 0 Å². The van der Waals surface area contributed by atoms with E-state index in [4.69, 9.17) is 9.84 Å². The Morgan fingerprint density at radius 3 is 2.36 bits per heavy atom. The van der Waals surface area contributed by atoms with Gasteiger partial charge in [0, 0.05) is 5.56 Å². The van der Waals surface area contributed by atoms with Crippen molar-refractivity contribution in [2.75, 3.05) is 0 Å². The minimum atomic E-state index is -1.43. The number of carbonyl (C=O) groups is 1. The number of para-hydroxylation sites is 1. The number of hydrogen-bond donors (Lipinski definition) is 3. The summed E-state index contributed by atoms with van der Waals surface area (Å²) >= 11 is 0. The van der Waals surface area contributed by atoms with E-state index in [-0.39, 0.29) is 33.8 Å². The lowest BCUT2D eigenvalue weighted by Crippen LogP contribution is -2.15. The number of carboxylic acid groups (broad SMARTS) is 1. The van der Waals surface area contributed by atoms with Crippen molar-refractivity contribution in [2.45, 2.75) is 33.1 Å². The van der Waals surface area contributed by atoms with Crippen molar-refractivity contribution in [1.29, 1.82) is 0 Å². The van der Waals surface area contributed by atoms with E-state index in [1.54, 1.807) is 37.3 Å². The molecule has 0 atom stereocenters. The SMILES string of the molecule is Cc1[nH]n(-c2ccc(C(C)(C)C)cc2)c(=O)c1N=Nc1cccc(-c2cccc(OC(=O)O)c2)c1O. The molecule has 1 aromatic heterocycles. The molecule has 9 heteroatoms. The van der Waals surface area contributed by atoms with E-state index in [0.29, 0.717) is 22.5 Å². The van der Waals surface area contributed by atoms with E-state index in [1.807, 2.05) is 24.3 Å². The van der Waals surface area contributed by atoms with Gasteiger partial charge in [-0.1, -0.05) is 57.2 Å². The number of phenolic OH excluding ortho intramolecular Hbond substituents is 1. The first-order valence-electron chi connectivity index (χ1n) is 11.2. The van der Waals surface area contributed by atoms with Gasteiger partial charge in [-0.25, -0.2) is 9.48 Å². The van der Waals surface area contributed by atoms with Crippen LogP contribution in [0.3, 0.4) is 0 Å². The first-order valence-corrected chi connectivity index (χ1v) is 11.2. The standard InChI is InChI=1S/C27H26N4O5/c1-16-23(25(33)31(30-16)19-13-11-18(12-14-19)27(2,3)4)29-28-22-10-6-9-21(24(22)32)17-7-5-8-20(15-17)36-26(34)35/h5-15,30,32H,1-4H3,(H,34,35). The van der Waals surface area contributed by atoms with Crippen LogP contribution in [-0.4, -0.2) is 26.1 Å². The number of rotatable bonds is 5. The van der Waals surface area contributed by atoms with Gasteiger partial charge in [-0.3, -0.25) is 9.89 Å². The summed E-state index contributed by atoms with van der Waals surface area (Å²) in [4.78, 5) is 23.9. The van der Waals surface area contributed by atoms with Gasteiger partial charge in [0.1, 0.15) is 11.4 Å². The minimum Gasteiger partial charge on any atom is -0.505 e. The Morgan fingerprint density at radius 1 is 1.00 bits per heavy atom. The van der Waals surface area contributed by atoms with Crippen LogP contribution in [0.1, 0.15) is 32.0 Å². The Morgan fingerprint density at radius 2 is 1.69 bits per heavy atom. The first-order chi connectivity index (χ1) is 17.0. The number of H-pyrrole nitrogens is 1. The third-order valence-corrected chi connectivity index (χ3v) is 5.65. The summed E-state index contributed by atoms with van der Waals surface area (Å²) in [6, 6.07) is 18.9. The molecule has 0 fully saturated rings. The van der Waals surface area contributed by atoms with Crippen molar-refractivity contribution >= 4 is 17.5 Å². The number of phenols is 1. The quantitative estimate of drug-likeness (QED) is 0.166. The van der Waals surface area contributed by atoms with Gasteiger partial charge in [-0.15, -0.1) is 10.2 Å². The molecule has 0 aliphatic rings. The Labute approximate surface area is 207 Å². The van der Waals surface area contributed by atoms with Crippen LogP contribution >= 0.6 is 0 Å². The summed E-state index contributed by atoms with van der Waals surface area (Å²) in [7, 11) is 0. The van der Waals surface area contributed by atoms with Crippen LogP contribution in [0.2, 0.25) is 0 Å². The fourth-order valence-corrected chi connectivity index (χ4v) is 3.72. The number of benzene rings is 3. The second-order valence-electron chi connectivity index (χ2n) is 9.29. The van der Waals surface area contributed by atoms with E-state index in [0.717, 1.165) is 5.56 Å². The van der Waals surface area contributed by atoms with Gasteiger partial charge in [0.05, 0.1) is 11.4 Å². The van der Waals surface area contributed by atoms with Gasteiger partial charge in [0.2, 0.25) is 0 Å². The van der Waals surface area contributed by atoms with Crippen molar-refractivity contribution in [3.8, 4) is 28.3 Å². The Hall–Kier alpha value is -4.66.